The fourth-order valence-corrected chi connectivity index (χ4v) is 2.46. The van der Waals surface area contributed by atoms with Crippen LogP contribution in [0.5, 0.6) is 0 Å². The maximum atomic E-state index is 12.0. The molecule has 0 fully saturated rings. The van der Waals surface area contributed by atoms with Crippen LogP contribution in [-0.2, 0) is 11.3 Å². The topological polar surface area (TPSA) is 46.9 Å². The fourth-order valence-electron chi connectivity index (χ4n) is 2.46. The number of carbonyl (C=O) groups excluding carboxylic acids is 1. The Hall–Kier alpha value is -1.32. The van der Waals surface area contributed by atoms with Crippen molar-refractivity contribution >= 4 is 5.91 Å². The predicted molar refractivity (Wildman–Crippen MR) is 82.6 cm³/mol. The van der Waals surface area contributed by atoms with Crippen molar-refractivity contribution in [2.45, 2.75) is 66.3 Å². The number of nitrogens with zero attached hydrogens (tertiary/aromatic N) is 2. The molecule has 0 aliphatic carbocycles. The first-order valence-corrected chi connectivity index (χ1v) is 7.87. The fraction of sp³-hybridized carbons (Fsp3) is 0.750. The molecule has 1 unspecified atom stereocenters. The summed E-state index contributed by atoms with van der Waals surface area (Å²) in [5.74, 6) is 0.401. The van der Waals surface area contributed by atoms with E-state index in [0.717, 1.165) is 50.9 Å². The summed E-state index contributed by atoms with van der Waals surface area (Å²) in [7, 11) is 0. The molecule has 1 aromatic heterocycles. The average molecular weight is 279 g/mol. The van der Waals surface area contributed by atoms with E-state index in [1.807, 2.05) is 11.6 Å². The van der Waals surface area contributed by atoms with Crippen LogP contribution >= 0.6 is 0 Å². The van der Waals surface area contributed by atoms with Crippen molar-refractivity contribution in [1.29, 1.82) is 0 Å². The highest BCUT2D eigenvalue weighted by Crippen LogP contribution is 2.12. The highest BCUT2D eigenvalue weighted by molar-refractivity contribution is 5.78. The third-order valence-electron chi connectivity index (χ3n) is 3.72. The molecule has 1 N–H and O–H groups in total. The molecule has 114 valence electrons. The molecule has 0 spiro atoms. The van der Waals surface area contributed by atoms with Crippen LogP contribution < -0.4 is 5.32 Å². The van der Waals surface area contributed by atoms with Gasteiger partial charge in [0.1, 0.15) is 0 Å². The van der Waals surface area contributed by atoms with Crippen LogP contribution in [0.25, 0.3) is 0 Å². The zero-order chi connectivity index (χ0) is 15.0. The number of hydrogen-bond acceptors (Lipinski definition) is 2. The van der Waals surface area contributed by atoms with Crippen molar-refractivity contribution in [2.75, 3.05) is 6.54 Å². The van der Waals surface area contributed by atoms with Gasteiger partial charge in [-0.15, -0.1) is 0 Å². The lowest BCUT2D eigenvalue weighted by atomic mass is 9.98. The number of aryl methyl sites for hydroxylation is 3. The van der Waals surface area contributed by atoms with Gasteiger partial charge < -0.3 is 5.32 Å². The van der Waals surface area contributed by atoms with Crippen molar-refractivity contribution in [1.82, 2.24) is 15.1 Å². The number of aromatic nitrogens is 2. The largest absolute Gasteiger partial charge is 0.356 e. The molecule has 1 atom stereocenters. The normalized spacial score (nSPS) is 12.4. The molecule has 0 saturated heterocycles. The predicted octanol–water partition coefficient (Wildman–Crippen LogP) is 3.22. The van der Waals surface area contributed by atoms with Crippen molar-refractivity contribution < 1.29 is 4.79 Å². The maximum absolute atomic E-state index is 12.0. The van der Waals surface area contributed by atoms with E-state index < -0.39 is 0 Å². The van der Waals surface area contributed by atoms with E-state index in [1.54, 1.807) is 0 Å². The second-order valence-corrected chi connectivity index (χ2v) is 5.54. The van der Waals surface area contributed by atoms with Gasteiger partial charge in [0.2, 0.25) is 5.91 Å². The van der Waals surface area contributed by atoms with Gasteiger partial charge in [-0.1, -0.05) is 26.7 Å². The summed E-state index contributed by atoms with van der Waals surface area (Å²) in [6.07, 6.45) is 5.16. The van der Waals surface area contributed by atoms with E-state index in [-0.39, 0.29) is 11.8 Å². The first-order valence-electron chi connectivity index (χ1n) is 7.87. The molecule has 1 aromatic rings. The number of rotatable bonds is 9. The van der Waals surface area contributed by atoms with Crippen LogP contribution in [0, 0.1) is 19.8 Å². The summed E-state index contributed by atoms with van der Waals surface area (Å²) in [6, 6.07) is 2.08. The van der Waals surface area contributed by atoms with Crippen LogP contribution in [0.4, 0.5) is 0 Å². The Morgan fingerprint density at radius 3 is 2.65 bits per heavy atom. The Morgan fingerprint density at radius 2 is 2.10 bits per heavy atom. The number of carbonyl (C=O) groups is 1. The molecule has 4 nitrogen and oxygen atoms in total. The zero-order valence-electron chi connectivity index (χ0n) is 13.4. The van der Waals surface area contributed by atoms with Gasteiger partial charge in [-0.25, -0.2) is 0 Å². The second kappa shape index (κ2) is 8.77. The lowest BCUT2D eigenvalue weighted by molar-refractivity contribution is -0.125. The molecule has 1 amide bonds. The van der Waals surface area contributed by atoms with E-state index in [2.05, 4.69) is 37.3 Å². The van der Waals surface area contributed by atoms with Crippen LogP contribution in [0.3, 0.4) is 0 Å². The summed E-state index contributed by atoms with van der Waals surface area (Å²) in [5, 5.41) is 7.48. The lowest BCUT2D eigenvalue weighted by Gasteiger charge is -2.14. The summed E-state index contributed by atoms with van der Waals surface area (Å²) in [4.78, 5) is 12.0. The van der Waals surface area contributed by atoms with E-state index in [0.29, 0.717) is 0 Å². The minimum absolute atomic E-state index is 0.184. The van der Waals surface area contributed by atoms with Gasteiger partial charge >= 0.3 is 0 Å². The smallest absolute Gasteiger partial charge is 0.223 e. The third-order valence-corrected chi connectivity index (χ3v) is 3.72. The minimum Gasteiger partial charge on any atom is -0.356 e. The lowest BCUT2D eigenvalue weighted by Crippen LogP contribution is -2.31. The maximum Gasteiger partial charge on any atom is 0.223 e. The monoisotopic (exact) mass is 279 g/mol. The number of nitrogens with one attached hydrogen (secondary N) is 1. The number of unbranched alkanes of at least 4 members (excludes halogenated alkanes) is 1. The van der Waals surface area contributed by atoms with Gasteiger partial charge in [0.25, 0.3) is 0 Å². The molecule has 1 rings (SSSR count). The SMILES string of the molecule is CCCCC(CC)C(=O)NCCCn1nc(C)cc1C. The van der Waals surface area contributed by atoms with Gasteiger partial charge in [0, 0.05) is 24.7 Å². The van der Waals surface area contributed by atoms with Gasteiger partial charge in [-0.05, 0) is 39.2 Å². The Bertz CT molecular complexity index is 412. The van der Waals surface area contributed by atoms with Crippen molar-refractivity contribution in [3.8, 4) is 0 Å². The molecule has 0 radical (unpaired) electrons. The molecule has 0 aliphatic heterocycles. The molecule has 20 heavy (non-hydrogen) atoms. The standard InChI is InChI=1S/C16H29N3O/c1-5-7-9-15(6-2)16(20)17-10-8-11-19-14(4)12-13(3)18-19/h12,15H,5-11H2,1-4H3,(H,17,20). The van der Waals surface area contributed by atoms with Gasteiger partial charge in [-0.2, -0.15) is 5.10 Å². The number of amides is 1. The Balaban J connectivity index is 2.26. The first kappa shape index (κ1) is 16.7. The molecule has 0 bridgehead atoms. The van der Waals surface area contributed by atoms with Gasteiger partial charge in [0.05, 0.1) is 5.69 Å². The molecule has 0 aliphatic rings. The summed E-state index contributed by atoms with van der Waals surface area (Å²) in [6.45, 7) is 9.93. The quantitative estimate of drug-likeness (QED) is 0.705. The molecule has 4 heteroatoms. The number of hydrogen-bond donors (Lipinski definition) is 1. The molecular weight excluding hydrogens is 250 g/mol. The highest BCUT2D eigenvalue weighted by Gasteiger charge is 2.14. The minimum atomic E-state index is 0.184. The van der Waals surface area contributed by atoms with Crippen LogP contribution in [0.1, 0.15) is 57.3 Å². The third kappa shape index (κ3) is 5.35. The van der Waals surface area contributed by atoms with E-state index in [9.17, 15) is 4.79 Å². The molecule has 0 saturated carbocycles. The Labute approximate surface area is 122 Å². The highest BCUT2D eigenvalue weighted by atomic mass is 16.1. The van der Waals surface area contributed by atoms with E-state index in [4.69, 9.17) is 0 Å². The van der Waals surface area contributed by atoms with Crippen LogP contribution in [0.2, 0.25) is 0 Å². The Morgan fingerprint density at radius 1 is 1.35 bits per heavy atom. The van der Waals surface area contributed by atoms with Crippen LogP contribution in [-0.4, -0.2) is 22.2 Å². The van der Waals surface area contributed by atoms with Crippen molar-refractivity contribution in [3.05, 3.63) is 17.5 Å². The summed E-state index contributed by atoms with van der Waals surface area (Å²) in [5.41, 5.74) is 2.24. The zero-order valence-corrected chi connectivity index (χ0v) is 13.4. The Kier molecular flexibility index (Phi) is 7.34. The summed E-state index contributed by atoms with van der Waals surface area (Å²) < 4.78 is 2.01. The first-order chi connectivity index (χ1) is 9.58. The molecule has 1 heterocycles. The van der Waals surface area contributed by atoms with Gasteiger partial charge in [0.15, 0.2) is 0 Å². The van der Waals surface area contributed by atoms with Crippen LogP contribution in [0.15, 0.2) is 6.07 Å². The van der Waals surface area contributed by atoms with E-state index in [1.165, 1.54) is 5.69 Å². The second-order valence-electron chi connectivity index (χ2n) is 5.54. The van der Waals surface area contributed by atoms with Gasteiger partial charge in [-0.3, -0.25) is 9.48 Å². The van der Waals surface area contributed by atoms with Crippen molar-refractivity contribution in [3.63, 3.8) is 0 Å². The van der Waals surface area contributed by atoms with Crippen molar-refractivity contribution in [2.24, 2.45) is 5.92 Å². The average Bonchev–Trinajstić information content (AvgIpc) is 2.74. The molecular formula is C16H29N3O. The molecule has 0 aromatic carbocycles. The summed E-state index contributed by atoms with van der Waals surface area (Å²) >= 11 is 0. The van der Waals surface area contributed by atoms with E-state index >= 15 is 0 Å².